The van der Waals surface area contributed by atoms with E-state index >= 15 is 0 Å². The molecule has 0 heterocycles. The van der Waals surface area contributed by atoms with E-state index in [-0.39, 0.29) is 5.75 Å². The molecule has 22 heavy (non-hydrogen) atoms. The van der Waals surface area contributed by atoms with Gasteiger partial charge in [-0.05, 0) is 19.1 Å². The molecule has 0 saturated heterocycles. The molecule has 124 valence electrons. The molecule has 0 saturated carbocycles. The minimum absolute atomic E-state index is 0.133. The summed E-state index contributed by atoms with van der Waals surface area (Å²) >= 11 is 12.4. The Balaban J connectivity index is 2.80. The number of nitrogens with one attached hydrogen (secondary N) is 1. The van der Waals surface area contributed by atoms with Gasteiger partial charge >= 0.3 is 6.18 Å². The lowest BCUT2D eigenvalue weighted by Gasteiger charge is -2.18. The van der Waals surface area contributed by atoms with Crippen LogP contribution in [0.25, 0.3) is 0 Å². The van der Waals surface area contributed by atoms with E-state index in [4.69, 9.17) is 23.2 Å². The van der Waals surface area contributed by atoms with Crippen molar-refractivity contribution in [2.75, 3.05) is 23.9 Å². The summed E-state index contributed by atoms with van der Waals surface area (Å²) in [6.45, 7) is 1.39. The summed E-state index contributed by atoms with van der Waals surface area (Å²) in [5.74, 6) is -1.16. The molecule has 0 spiro atoms. The van der Waals surface area contributed by atoms with Crippen LogP contribution < -0.4 is 5.32 Å². The molecular weight excluding hydrogens is 360 g/mol. The van der Waals surface area contributed by atoms with Gasteiger partial charge in [-0.3, -0.25) is 4.99 Å². The quantitative estimate of drug-likeness (QED) is 0.703. The summed E-state index contributed by atoms with van der Waals surface area (Å²) in [5, 5.41) is 13.5. The van der Waals surface area contributed by atoms with E-state index < -0.39 is 17.5 Å². The molecule has 0 aliphatic heterocycles. The number of rotatable bonds is 6. The van der Waals surface area contributed by atoms with Crippen molar-refractivity contribution in [2.45, 2.75) is 18.7 Å². The van der Waals surface area contributed by atoms with Gasteiger partial charge in [0.1, 0.15) is 5.60 Å². The zero-order chi connectivity index (χ0) is 17.0. The van der Waals surface area contributed by atoms with Gasteiger partial charge in [0.05, 0.1) is 27.2 Å². The molecule has 2 N–H and O–H groups in total. The highest BCUT2D eigenvalue weighted by molar-refractivity contribution is 7.99. The van der Waals surface area contributed by atoms with Gasteiger partial charge in [-0.15, -0.1) is 11.8 Å². The topological polar surface area (TPSA) is 44.6 Å². The van der Waals surface area contributed by atoms with E-state index in [2.05, 4.69) is 10.3 Å². The number of anilines is 1. The number of halogens is 5. The molecule has 1 aromatic carbocycles. The Bertz CT molecular complexity index is 551. The predicted octanol–water partition coefficient (Wildman–Crippen LogP) is 4.78. The van der Waals surface area contributed by atoms with Gasteiger partial charge in [-0.1, -0.05) is 23.2 Å². The third-order valence-corrected chi connectivity index (χ3v) is 4.49. The Morgan fingerprint density at radius 3 is 2.41 bits per heavy atom. The molecule has 0 fully saturated rings. The number of aliphatic hydroxyl groups is 1. The van der Waals surface area contributed by atoms with Crippen molar-refractivity contribution in [1.82, 2.24) is 0 Å². The zero-order valence-corrected chi connectivity index (χ0v) is 14.2. The molecule has 1 atom stereocenters. The normalized spacial score (nSPS) is 15.1. The summed E-state index contributed by atoms with van der Waals surface area (Å²) in [6, 6.07) is 3.08. The molecule has 9 heteroatoms. The Labute approximate surface area is 140 Å². The molecule has 0 bridgehead atoms. The third kappa shape index (κ3) is 6.64. The highest BCUT2D eigenvalue weighted by atomic mass is 35.5. The van der Waals surface area contributed by atoms with Crippen LogP contribution >= 0.6 is 35.0 Å². The molecule has 0 aliphatic rings. The number of hydrogen-bond acceptors (Lipinski definition) is 4. The first-order valence-corrected chi connectivity index (χ1v) is 8.04. The molecule has 3 nitrogen and oxygen atoms in total. The van der Waals surface area contributed by atoms with Crippen LogP contribution in [-0.2, 0) is 0 Å². The largest absolute Gasteiger partial charge is 0.397 e. The second kappa shape index (κ2) is 7.77. The monoisotopic (exact) mass is 374 g/mol. The predicted molar refractivity (Wildman–Crippen MR) is 88.2 cm³/mol. The standard InChI is InChI=1S/C13H15Cl2F3N2OS/c1-12(21,6-22-7-13(16,17)18)5-20-11-4-9(15)8(14)3-10(11)19-2/h3-5,19,21H,6-7H2,1-2H3. The average molecular weight is 375 g/mol. The smallest absolute Gasteiger partial charge is 0.386 e. The Kier molecular flexibility index (Phi) is 6.85. The number of nitrogens with zero attached hydrogens (tertiary/aromatic N) is 1. The van der Waals surface area contributed by atoms with E-state index in [1.165, 1.54) is 19.2 Å². The van der Waals surface area contributed by atoms with Crippen LogP contribution in [0, 0.1) is 0 Å². The van der Waals surface area contributed by atoms with Crippen molar-refractivity contribution in [3.05, 3.63) is 22.2 Å². The summed E-state index contributed by atoms with van der Waals surface area (Å²) in [7, 11) is 1.66. The van der Waals surface area contributed by atoms with Crippen LogP contribution in [0.3, 0.4) is 0 Å². The average Bonchev–Trinajstić information content (AvgIpc) is 2.38. The minimum atomic E-state index is -4.26. The molecule has 1 rings (SSSR count). The second-order valence-electron chi connectivity index (χ2n) is 4.76. The van der Waals surface area contributed by atoms with Crippen LogP contribution in [0.5, 0.6) is 0 Å². The Morgan fingerprint density at radius 1 is 1.27 bits per heavy atom. The fourth-order valence-corrected chi connectivity index (χ4v) is 2.61. The third-order valence-electron chi connectivity index (χ3n) is 2.45. The first kappa shape index (κ1) is 19.4. The molecule has 0 radical (unpaired) electrons. The van der Waals surface area contributed by atoms with Gasteiger partial charge in [0.15, 0.2) is 0 Å². The second-order valence-corrected chi connectivity index (χ2v) is 6.56. The van der Waals surface area contributed by atoms with Gasteiger partial charge in [-0.2, -0.15) is 13.2 Å². The number of alkyl halides is 3. The zero-order valence-electron chi connectivity index (χ0n) is 11.8. The van der Waals surface area contributed by atoms with E-state index in [1.807, 2.05) is 0 Å². The SMILES string of the molecule is CNc1cc(Cl)c(Cl)cc1N=CC(C)(O)CSCC(F)(F)F. The van der Waals surface area contributed by atoms with Crippen LogP contribution in [0.1, 0.15) is 6.92 Å². The molecule has 1 aromatic rings. The van der Waals surface area contributed by atoms with E-state index in [0.717, 1.165) is 0 Å². The number of benzene rings is 1. The summed E-state index contributed by atoms with van der Waals surface area (Å²) in [6.07, 6.45) is -3.07. The molecule has 1 unspecified atom stereocenters. The molecular formula is C13H15Cl2F3N2OS. The maximum atomic E-state index is 12.1. The highest BCUT2D eigenvalue weighted by Crippen LogP contribution is 2.34. The van der Waals surface area contributed by atoms with Crippen LogP contribution in [-0.4, -0.2) is 41.7 Å². The van der Waals surface area contributed by atoms with Gasteiger partial charge in [0.25, 0.3) is 0 Å². The number of hydrogen-bond donors (Lipinski definition) is 2. The van der Waals surface area contributed by atoms with Gasteiger partial charge in [0, 0.05) is 19.0 Å². The maximum absolute atomic E-state index is 12.1. The van der Waals surface area contributed by atoms with Gasteiger partial charge in [-0.25, -0.2) is 0 Å². The first-order valence-electron chi connectivity index (χ1n) is 6.13. The number of aliphatic imine (C=N–C) groups is 1. The van der Waals surface area contributed by atoms with E-state index in [9.17, 15) is 18.3 Å². The van der Waals surface area contributed by atoms with Crippen molar-refractivity contribution in [1.29, 1.82) is 0 Å². The van der Waals surface area contributed by atoms with Crippen molar-refractivity contribution in [2.24, 2.45) is 4.99 Å². The minimum Gasteiger partial charge on any atom is -0.386 e. The maximum Gasteiger partial charge on any atom is 0.397 e. The Hall–Kier alpha value is -0.630. The lowest BCUT2D eigenvalue weighted by molar-refractivity contribution is -0.105. The van der Waals surface area contributed by atoms with E-state index in [0.29, 0.717) is 33.2 Å². The lowest BCUT2D eigenvalue weighted by atomic mass is 10.1. The van der Waals surface area contributed by atoms with Crippen molar-refractivity contribution >= 4 is 52.6 Å². The fraction of sp³-hybridized carbons (Fsp3) is 0.462. The van der Waals surface area contributed by atoms with Crippen molar-refractivity contribution in [3.8, 4) is 0 Å². The molecule has 0 aliphatic carbocycles. The lowest BCUT2D eigenvalue weighted by Crippen LogP contribution is -2.30. The first-order chi connectivity index (χ1) is 10.0. The molecule has 0 aromatic heterocycles. The van der Waals surface area contributed by atoms with Crippen LogP contribution in [0.2, 0.25) is 10.0 Å². The van der Waals surface area contributed by atoms with Crippen molar-refractivity contribution < 1.29 is 18.3 Å². The highest BCUT2D eigenvalue weighted by Gasteiger charge is 2.29. The van der Waals surface area contributed by atoms with Crippen LogP contribution in [0.4, 0.5) is 24.5 Å². The summed E-state index contributed by atoms with van der Waals surface area (Å²) in [5.41, 5.74) is -0.463. The molecule has 0 amide bonds. The summed E-state index contributed by atoms with van der Waals surface area (Å²) in [4.78, 5) is 4.09. The summed E-state index contributed by atoms with van der Waals surface area (Å²) < 4.78 is 36.3. The number of thioether (sulfide) groups is 1. The fourth-order valence-electron chi connectivity index (χ4n) is 1.46. The van der Waals surface area contributed by atoms with Gasteiger partial charge < -0.3 is 10.4 Å². The Morgan fingerprint density at radius 2 is 1.86 bits per heavy atom. The van der Waals surface area contributed by atoms with Gasteiger partial charge in [0.2, 0.25) is 0 Å². The van der Waals surface area contributed by atoms with Crippen LogP contribution in [0.15, 0.2) is 17.1 Å². The van der Waals surface area contributed by atoms with Crippen molar-refractivity contribution in [3.63, 3.8) is 0 Å². The van der Waals surface area contributed by atoms with E-state index in [1.54, 1.807) is 13.1 Å².